The summed E-state index contributed by atoms with van der Waals surface area (Å²) in [6, 6.07) is 14.5. The van der Waals surface area contributed by atoms with E-state index in [9.17, 15) is 4.79 Å². The number of para-hydroxylation sites is 1. The fraction of sp³-hybridized carbons (Fsp3) is 0.381. The average molecular weight is 428 g/mol. The third-order valence-corrected chi connectivity index (χ3v) is 7.05. The molecular formula is C21H25N5OS2. The number of hydrogen-bond acceptors (Lipinski definition) is 6. The van der Waals surface area contributed by atoms with Crippen LogP contribution >= 0.6 is 23.1 Å². The largest absolute Gasteiger partial charge is 0.368 e. The summed E-state index contributed by atoms with van der Waals surface area (Å²) < 4.78 is 2.09. The molecule has 1 saturated heterocycles. The van der Waals surface area contributed by atoms with Crippen LogP contribution in [0.2, 0.25) is 0 Å². The first-order chi connectivity index (χ1) is 14.2. The number of nitrogens with zero attached hydrogens (tertiary/aromatic N) is 5. The average Bonchev–Trinajstić information content (AvgIpc) is 3.43. The minimum atomic E-state index is -0.191. The van der Waals surface area contributed by atoms with Crippen molar-refractivity contribution in [1.29, 1.82) is 0 Å². The Morgan fingerprint density at radius 3 is 2.52 bits per heavy atom. The number of amides is 1. The van der Waals surface area contributed by atoms with Crippen molar-refractivity contribution in [3.05, 3.63) is 47.8 Å². The molecule has 3 aromatic rings. The Morgan fingerprint density at radius 2 is 1.86 bits per heavy atom. The quantitative estimate of drug-likeness (QED) is 0.559. The smallest absolute Gasteiger partial charge is 0.236 e. The standard InChI is InChI=1S/C21H25N5OS2/c1-3-26-19(18-10-7-15-28-18)22-23-21(26)29-16(2)20(27)25-13-11-24(12-14-25)17-8-5-4-6-9-17/h4-10,15-16H,3,11-14H2,1-2H3. The van der Waals surface area contributed by atoms with Crippen molar-refractivity contribution in [2.45, 2.75) is 30.8 Å². The first kappa shape index (κ1) is 20.0. The molecule has 1 aliphatic rings. The van der Waals surface area contributed by atoms with Crippen molar-refractivity contribution in [3.8, 4) is 10.7 Å². The SMILES string of the molecule is CCn1c(SC(C)C(=O)N2CCN(c3ccccc3)CC2)nnc1-c1cccs1. The van der Waals surface area contributed by atoms with Gasteiger partial charge in [-0.2, -0.15) is 0 Å². The van der Waals surface area contributed by atoms with Gasteiger partial charge in [0, 0.05) is 38.4 Å². The predicted molar refractivity (Wildman–Crippen MR) is 120 cm³/mol. The molecule has 0 N–H and O–H groups in total. The van der Waals surface area contributed by atoms with Crippen LogP contribution in [0.15, 0.2) is 53.0 Å². The van der Waals surface area contributed by atoms with E-state index in [1.165, 1.54) is 17.4 Å². The van der Waals surface area contributed by atoms with Gasteiger partial charge in [-0.05, 0) is 37.4 Å². The minimum absolute atomic E-state index is 0.172. The van der Waals surface area contributed by atoms with Crippen LogP contribution in [-0.2, 0) is 11.3 Å². The molecule has 1 unspecified atom stereocenters. The van der Waals surface area contributed by atoms with Crippen molar-refractivity contribution in [1.82, 2.24) is 19.7 Å². The van der Waals surface area contributed by atoms with Crippen molar-refractivity contribution < 1.29 is 4.79 Å². The van der Waals surface area contributed by atoms with Gasteiger partial charge >= 0.3 is 0 Å². The van der Waals surface area contributed by atoms with Crippen LogP contribution in [0.3, 0.4) is 0 Å². The molecule has 1 atom stereocenters. The van der Waals surface area contributed by atoms with Gasteiger partial charge in [-0.25, -0.2) is 0 Å². The second-order valence-electron chi connectivity index (χ2n) is 6.94. The van der Waals surface area contributed by atoms with E-state index in [4.69, 9.17) is 0 Å². The van der Waals surface area contributed by atoms with Crippen molar-refractivity contribution in [2.75, 3.05) is 31.1 Å². The Morgan fingerprint density at radius 1 is 1.10 bits per heavy atom. The van der Waals surface area contributed by atoms with E-state index in [0.717, 1.165) is 48.6 Å². The molecule has 0 bridgehead atoms. The molecule has 6 nitrogen and oxygen atoms in total. The molecule has 1 fully saturated rings. The fourth-order valence-corrected chi connectivity index (χ4v) is 5.25. The zero-order valence-corrected chi connectivity index (χ0v) is 18.3. The summed E-state index contributed by atoms with van der Waals surface area (Å²) in [5.74, 6) is 1.05. The van der Waals surface area contributed by atoms with E-state index < -0.39 is 0 Å². The molecule has 0 saturated carbocycles. The van der Waals surface area contributed by atoms with Crippen molar-refractivity contribution in [3.63, 3.8) is 0 Å². The third kappa shape index (κ3) is 4.33. The number of thiophene rings is 1. The van der Waals surface area contributed by atoms with Gasteiger partial charge in [0.1, 0.15) is 0 Å². The molecule has 3 heterocycles. The number of hydrogen-bond donors (Lipinski definition) is 0. The molecule has 1 amide bonds. The minimum Gasteiger partial charge on any atom is -0.368 e. The molecule has 1 aliphatic heterocycles. The number of rotatable bonds is 6. The lowest BCUT2D eigenvalue weighted by Gasteiger charge is -2.37. The highest BCUT2D eigenvalue weighted by Crippen LogP contribution is 2.30. The third-order valence-electron chi connectivity index (χ3n) is 5.12. The van der Waals surface area contributed by atoms with Gasteiger partial charge < -0.3 is 14.4 Å². The Bertz CT molecular complexity index is 933. The normalized spacial score (nSPS) is 15.5. The van der Waals surface area contributed by atoms with Gasteiger partial charge in [0.05, 0.1) is 10.1 Å². The van der Waals surface area contributed by atoms with Crippen molar-refractivity contribution >= 4 is 34.7 Å². The summed E-state index contributed by atoms with van der Waals surface area (Å²) in [6.45, 7) is 8.05. The maximum Gasteiger partial charge on any atom is 0.236 e. The monoisotopic (exact) mass is 427 g/mol. The van der Waals surface area contributed by atoms with Crippen LogP contribution in [0, 0.1) is 0 Å². The van der Waals surface area contributed by atoms with E-state index in [1.54, 1.807) is 11.3 Å². The molecule has 8 heteroatoms. The molecule has 152 valence electrons. The number of carbonyl (C=O) groups excluding carboxylic acids is 1. The molecule has 0 spiro atoms. The summed E-state index contributed by atoms with van der Waals surface area (Å²) in [5, 5.41) is 11.4. The number of anilines is 1. The van der Waals surface area contributed by atoms with Gasteiger partial charge in [-0.1, -0.05) is 36.0 Å². The van der Waals surface area contributed by atoms with Crippen LogP contribution < -0.4 is 4.90 Å². The highest BCUT2D eigenvalue weighted by Gasteiger charge is 2.27. The molecule has 4 rings (SSSR count). The second kappa shape index (κ2) is 9.00. The Kier molecular flexibility index (Phi) is 6.20. The summed E-state index contributed by atoms with van der Waals surface area (Å²) in [4.78, 5) is 18.4. The zero-order valence-electron chi connectivity index (χ0n) is 16.7. The van der Waals surface area contributed by atoms with Crippen molar-refractivity contribution in [2.24, 2.45) is 0 Å². The zero-order chi connectivity index (χ0) is 20.2. The molecule has 29 heavy (non-hydrogen) atoms. The molecule has 0 aliphatic carbocycles. The van der Waals surface area contributed by atoms with E-state index >= 15 is 0 Å². The fourth-order valence-electron chi connectivity index (χ4n) is 3.54. The van der Waals surface area contributed by atoms with Gasteiger partial charge in [0.15, 0.2) is 11.0 Å². The Hall–Kier alpha value is -2.32. The maximum absolute atomic E-state index is 13.0. The lowest BCUT2D eigenvalue weighted by Crippen LogP contribution is -2.50. The highest BCUT2D eigenvalue weighted by molar-refractivity contribution is 8.00. The first-order valence-corrected chi connectivity index (χ1v) is 11.7. The predicted octanol–water partition coefficient (Wildman–Crippen LogP) is 3.86. The summed E-state index contributed by atoms with van der Waals surface area (Å²) >= 11 is 3.15. The Labute approximate surface area is 179 Å². The maximum atomic E-state index is 13.0. The van der Waals surface area contributed by atoms with Gasteiger partial charge in [-0.15, -0.1) is 21.5 Å². The van der Waals surface area contributed by atoms with E-state index in [0.29, 0.717) is 0 Å². The van der Waals surface area contributed by atoms with Gasteiger partial charge in [0.25, 0.3) is 0 Å². The summed E-state index contributed by atoms with van der Waals surface area (Å²) in [5.41, 5.74) is 1.22. The van der Waals surface area contributed by atoms with Crippen LogP contribution in [0.5, 0.6) is 0 Å². The van der Waals surface area contributed by atoms with E-state index in [1.807, 2.05) is 29.3 Å². The highest BCUT2D eigenvalue weighted by atomic mass is 32.2. The summed E-state index contributed by atoms with van der Waals surface area (Å²) in [7, 11) is 0. The first-order valence-electron chi connectivity index (χ1n) is 9.90. The number of benzene rings is 1. The summed E-state index contributed by atoms with van der Waals surface area (Å²) in [6.07, 6.45) is 0. The molecule has 0 radical (unpaired) electrons. The lowest BCUT2D eigenvalue weighted by molar-refractivity contribution is -0.130. The van der Waals surface area contributed by atoms with Crippen LogP contribution in [-0.4, -0.2) is 57.0 Å². The number of piperazine rings is 1. The number of aromatic nitrogens is 3. The number of thioether (sulfide) groups is 1. The Balaban J connectivity index is 1.38. The lowest BCUT2D eigenvalue weighted by atomic mass is 10.2. The number of carbonyl (C=O) groups is 1. The van der Waals surface area contributed by atoms with Crippen LogP contribution in [0.1, 0.15) is 13.8 Å². The van der Waals surface area contributed by atoms with Gasteiger partial charge in [-0.3, -0.25) is 4.79 Å². The van der Waals surface area contributed by atoms with E-state index in [-0.39, 0.29) is 11.2 Å². The van der Waals surface area contributed by atoms with E-state index in [2.05, 4.69) is 56.9 Å². The second-order valence-corrected chi connectivity index (χ2v) is 9.19. The van der Waals surface area contributed by atoms with Crippen LogP contribution in [0.4, 0.5) is 5.69 Å². The van der Waals surface area contributed by atoms with Crippen LogP contribution in [0.25, 0.3) is 10.7 Å². The van der Waals surface area contributed by atoms with Gasteiger partial charge in [0.2, 0.25) is 5.91 Å². The molecule has 1 aromatic carbocycles. The topological polar surface area (TPSA) is 54.3 Å². The molecular weight excluding hydrogens is 402 g/mol. The molecule has 2 aromatic heterocycles.